The van der Waals surface area contributed by atoms with Gasteiger partial charge in [-0.15, -0.1) is 0 Å². The van der Waals surface area contributed by atoms with Crippen LogP contribution in [0.3, 0.4) is 0 Å². The van der Waals surface area contributed by atoms with Crippen molar-refractivity contribution in [2.24, 2.45) is 11.8 Å². The second-order valence-electron chi connectivity index (χ2n) is 6.47. The monoisotopic (exact) mass is 380 g/mol. The zero-order chi connectivity index (χ0) is 19.6. The summed E-state index contributed by atoms with van der Waals surface area (Å²) in [5.41, 5.74) is 1.13. The second-order valence-corrected chi connectivity index (χ2v) is 6.47. The Morgan fingerprint density at radius 2 is 1.63 bits per heavy atom. The Hall–Kier alpha value is -2.70. The van der Waals surface area contributed by atoms with E-state index in [2.05, 4.69) is 0 Å². The van der Waals surface area contributed by atoms with Crippen molar-refractivity contribution in [3.8, 4) is 11.5 Å². The summed E-state index contributed by atoms with van der Waals surface area (Å²) in [4.78, 5) is 12.1. The maximum absolute atomic E-state index is 13.5. The van der Waals surface area contributed by atoms with E-state index in [9.17, 15) is 18.0 Å². The van der Waals surface area contributed by atoms with Gasteiger partial charge in [-0.1, -0.05) is 6.07 Å². The Bertz CT molecular complexity index is 830. The van der Waals surface area contributed by atoms with Crippen molar-refractivity contribution in [2.45, 2.75) is 12.8 Å². The first-order valence-electron chi connectivity index (χ1n) is 8.44. The van der Waals surface area contributed by atoms with Crippen LogP contribution in [0.5, 0.6) is 11.5 Å². The van der Waals surface area contributed by atoms with Gasteiger partial charge >= 0.3 is 5.97 Å². The molecular weight excluding hydrogens is 361 g/mol. The zero-order valence-corrected chi connectivity index (χ0v) is 14.9. The molecule has 2 atom stereocenters. The van der Waals surface area contributed by atoms with Crippen LogP contribution in [0, 0.1) is 29.3 Å². The molecule has 0 N–H and O–H groups in total. The topological polar surface area (TPSA) is 44.8 Å². The molecule has 27 heavy (non-hydrogen) atoms. The predicted molar refractivity (Wildman–Crippen MR) is 91.2 cm³/mol. The van der Waals surface area contributed by atoms with E-state index in [0.717, 1.165) is 17.7 Å². The fraction of sp³-hybridized carbons (Fsp3) is 0.350. The van der Waals surface area contributed by atoms with Gasteiger partial charge in [-0.05, 0) is 48.2 Å². The summed E-state index contributed by atoms with van der Waals surface area (Å²) in [6.45, 7) is 0.212. The quantitative estimate of drug-likeness (QED) is 0.566. The van der Waals surface area contributed by atoms with E-state index in [4.69, 9.17) is 14.2 Å². The molecule has 1 fully saturated rings. The molecule has 4 nitrogen and oxygen atoms in total. The number of carbonyl (C=O) groups is 1. The molecule has 0 aliphatic carbocycles. The second kappa shape index (κ2) is 7.90. The van der Waals surface area contributed by atoms with Crippen LogP contribution in [0.4, 0.5) is 13.2 Å². The lowest BCUT2D eigenvalue weighted by Crippen LogP contribution is -2.21. The maximum Gasteiger partial charge on any atom is 0.309 e. The van der Waals surface area contributed by atoms with Gasteiger partial charge in [-0.2, -0.15) is 0 Å². The molecule has 1 heterocycles. The number of benzene rings is 2. The Labute approximate surface area is 154 Å². The van der Waals surface area contributed by atoms with E-state index in [1.165, 1.54) is 14.2 Å². The Balaban J connectivity index is 1.79. The maximum atomic E-state index is 13.5. The summed E-state index contributed by atoms with van der Waals surface area (Å²) in [6, 6.07) is 7.27. The largest absolute Gasteiger partial charge is 0.493 e. The van der Waals surface area contributed by atoms with Crippen molar-refractivity contribution in [1.29, 1.82) is 0 Å². The van der Waals surface area contributed by atoms with Gasteiger partial charge in [0.25, 0.3) is 0 Å². The zero-order valence-electron chi connectivity index (χ0n) is 14.9. The van der Waals surface area contributed by atoms with Crippen molar-refractivity contribution >= 4 is 5.97 Å². The summed E-state index contributed by atoms with van der Waals surface area (Å²) in [6.07, 6.45) is 0.591. The van der Waals surface area contributed by atoms with Gasteiger partial charge < -0.3 is 14.2 Å². The first-order valence-corrected chi connectivity index (χ1v) is 8.44. The SMILES string of the molecule is COc1ccc(C[C@H]2COC(=O)[C@@H]2Cc2cc(F)c(F)c(F)c2)cc1OC. The lowest BCUT2D eigenvalue weighted by atomic mass is 9.85. The minimum absolute atomic E-state index is 0.0743. The number of halogens is 3. The van der Waals surface area contributed by atoms with Gasteiger partial charge in [-0.3, -0.25) is 4.79 Å². The van der Waals surface area contributed by atoms with Crippen LogP contribution in [0.1, 0.15) is 11.1 Å². The minimum atomic E-state index is -1.52. The average Bonchev–Trinajstić information content (AvgIpc) is 2.99. The van der Waals surface area contributed by atoms with Gasteiger partial charge in [0.15, 0.2) is 29.0 Å². The number of hydrogen-bond donors (Lipinski definition) is 0. The average molecular weight is 380 g/mol. The van der Waals surface area contributed by atoms with Crippen LogP contribution in [0.15, 0.2) is 30.3 Å². The van der Waals surface area contributed by atoms with Gasteiger partial charge in [0, 0.05) is 5.92 Å². The Morgan fingerprint density at radius 3 is 2.26 bits per heavy atom. The van der Waals surface area contributed by atoms with Crippen molar-refractivity contribution in [3.63, 3.8) is 0 Å². The molecule has 7 heteroatoms. The fourth-order valence-electron chi connectivity index (χ4n) is 3.35. The van der Waals surface area contributed by atoms with E-state index in [1.54, 1.807) is 6.07 Å². The number of ether oxygens (including phenoxy) is 3. The summed E-state index contributed by atoms with van der Waals surface area (Å²) in [5.74, 6) is -4.07. The molecule has 144 valence electrons. The minimum Gasteiger partial charge on any atom is -0.493 e. The summed E-state index contributed by atoms with van der Waals surface area (Å²) < 4.78 is 55.7. The van der Waals surface area contributed by atoms with Gasteiger partial charge in [0.1, 0.15) is 0 Å². The molecule has 3 rings (SSSR count). The molecule has 0 spiro atoms. The number of esters is 1. The molecule has 0 radical (unpaired) electrons. The molecule has 0 aromatic heterocycles. The van der Waals surface area contributed by atoms with Crippen LogP contribution < -0.4 is 9.47 Å². The van der Waals surface area contributed by atoms with Crippen LogP contribution >= 0.6 is 0 Å². The molecule has 1 saturated heterocycles. The first-order chi connectivity index (χ1) is 12.9. The highest BCUT2D eigenvalue weighted by atomic mass is 19.2. The fourth-order valence-corrected chi connectivity index (χ4v) is 3.35. The standard InChI is InChI=1S/C20H19F3O4/c1-25-17-4-3-11(9-18(17)26-2)5-13-10-27-20(24)14(13)6-12-7-15(21)19(23)16(22)8-12/h3-4,7-9,13-14H,5-6,10H2,1-2H3/t13-,14+/m0/s1. The molecule has 2 aromatic rings. The predicted octanol–water partition coefficient (Wildman–Crippen LogP) is 3.70. The number of carbonyl (C=O) groups excluding carboxylic acids is 1. The van der Waals surface area contributed by atoms with E-state index < -0.39 is 29.3 Å². The molecule has 1 aliphatic heterocycles. The van der Waals surface area contributed by atoms with Crippen molar-refractivity contribution in [2.75, 3.05) is 20.8 Å². The molecule has 0 amide bonds. The third-order valence-electron chi connectivity index (χ3n) is 4.76. The van der Waals surface area contributed by atoms with E-state index in [1.807, 2.05) is 12.1 Å². The number of hydrogen-bond acceptors (Lipinski definition) is 4. The Morgan fingerprint density at radius 1 is 0.963 bits per heavy atom. The van der Waals surface area contributed by atoms with E-state index >= 15 is 0 Å². The molecular formula is C20H19F3O4. The molecule has 0 unspecified atom stereocenters. The number of methoxy groups -OCH3 is 2. The number of rotatable bonds is 6. The first kappa shape index (κ1) is 19.1. The highest BCUT2D eigenvalue weighted by Crippen LogP contribution is 2.33. The van der Waals surface area contributed by atoms with E-state index in [-0.39, 0.29) is 24.5 Å². The molecule has 0 saturated carbocycles. The summed E-state index contributed by atoms with van der Waals surface area (Å²) >= 11 is 0. The van der Waals surface area contributed by atoms with Gasteiger partial charge in [0.2, 0.25) is 0 Å². The van der Waals surface area contributed by atoms with Crippen LogP contribution in [0.2, 0.25) is 0 Å². The summed E-state index contributed by atoms with van der Waals surface area (Å²) in [5, 5.41) is 0. The highest BCUT2D eigenvalue weighted by Gasteiger charge is 2.37. The van der Waals surface area contributed by atoms with Crippen molar-refractivity contribution < 1.29 is 32.2 Å². The van der Waals surface area contributed by atoms with Crippen molar-refractivity contribution in [1.82, 2.24) is 0 Å². The smallest absolute Gasteiger partial charge is 0.309 e. The number of cyclic esters (lactones) is 1. The lowest BCUT2D eigenvalue weighted by molar-refractivity contribution is -0.141. The van der Waals surface area contributed by atoms with E-state index in [0.29, 0.717) is 17.9 Å². The van der Waals surface area contributed by atoms with Crippen LogP contribution in [-0.4, -0.2) is 26.8 Å². The summed E-state index contributed by atoms with van der Waals surface area (Å²) in [7, 11) is 3.07. The molecule has 2 aromatic carbocycles. The molecule has 1 aliphatic rings. The lowest BCUT2D eigenvalue weighted by Gasteiger charge is -2.17. The normalized spacial score (nSPS) is 19.1. The van der Waals surface area contributed by atoms with Crippen molar-refractivity contribution in [3.05, 3.63) is 58.9 Å². The van der Waals surface area contributed by atoms with Crippen LogP contribution in [-0.2, 0) is 22.4 Å². The third-order valence-corrected chi connectivity index (χ3v) is 4.76. The molecule has 0 bridgehead atoms. The van der Waals surface area contributed by atoms with Gasteiger partial charge in [0.05, 0.1) is 26.7 Å². The highest BCUT2D eigenvalue weighted by molar-refractivity contribution is 5.75. The Kier molecular flexibility index (Phi) is 5.58. The van der Waals surface area contributed by atoms with Crippen LogP contribution in [0.25, 0.3) is 0 Å². The third kappa shape index (κ3) is 4.02. The van der Waals surface area contributed by atoms with Gasteiger partial charge in [-0.25, -0.2) is 13.2 Å².